The van der Waals surface area contributed by atoms with Crippen molar-refractivity contribution >= 4 is 17.6 Å². The molecule has 0 saturated heterocycles. The number of ether oxygens (including phenoxy) is 1. The van der Waals surface area contributed by atoms with E-state index in [9.17, 15) is 9.59 Å². The summed E-state index contributed by atoms with van der Waals surface area (Å²) in [5.41, 5.74) is 3.78. The molecule has 1 aromatic heterocycles. The van der Waals surface area contributed by atoms with Gasteiger partial charge in [0, 0.05) is 7.05 Å². The van der Waals surface area contributed by atoms with Gasteiger partial charge in [0.05, 0.1) is 22.6 Å². The van der Waals surface area contributed by atoms with Crippen LogP contribution in [-0.4, -0.2) is 27.8 Å². The molecule has 6 nitrogen and oxygen atoms in total. The molecule has 0 fully saturated rings. The maximum absolute atomic E-state index is 12.3. The number of nitrogens with one attached hydrogen (secondary N) is 1. The van der Waals surface area contributed by atoms with Crippen molar-refractivity contribution in [2.45, 2.75) is 46.6 Å². The van der Waals surface area contributed by atoms with E-state index in [2.05, 4.69) is 24.3 Å². The summed E-state index contributed by atoms with van der Waals surface area (Å²) in [4.78, 5) is 24.5. The second-order valence-electron chi connectivity index (χ2n) is 6.48. The Balaban J connectivity index is 2.01. The maximum Gasteiger partial charge on any atom is 0.338 e. The Kier molecular flexibility index (Phi) is 5.62. The second kappa shape index (κ2) is 7.51. The molecule has 0 spiro atoms. The van der Waals surface area contributed by atoms with Crippen LogP contribution in [0.5, 0.6) is 0 Å². The van der Waals surface area contributed by atoms with Gasteiger partial charge in [-0.1, -0.05) is 26.0 Å². The monoisotopic (exact) mass is 343 g/mol. The molecule has 1 aromatic carbocycles. The molecular weight excluding hydrogens is 318 g/mol. The average molecular weight is 343 g/mol. The molecule has 25 heavy (non-hydrogen) atoms. The van der Waals surface area contributed by atoms with Gasteiger partial charge in [-0.05, 0) is 44.4 Å². The van der Waals surface area contributed by atoms with E-state index in [0.29, 0.717) is 17.2 Å². The molecule has 1 N–H and O–H groups in total. The van der Waals surface area contributed by atoms with E-state index in [0.717, 1.165) is 17.0 Å². The zero-order chi connectivity index (χ0) is 18.7. The fourth-order valence-corrected chi connectivity index (χ4v) is 2.47. The van der Waals surface area contributed by atoms with Gasteiger partial charge in [-0.15, -0.1) is 0 Å². The van der Waals surface area contributed by atoms with E-state index in [-0.39, 0.29) is 5.91 Å². The maximum atomic E-state index is 12.3. The van der Waals surface area contributed by atoms with Crippen molar-refractivity contribution < 1.29 is 14.3 Å². The Hall–Kier alpha value is -2.63. The van der Waals surface area contributed by atoms with Crippen molar-refractivity contribution in [1.82, 2.24) is 9.78 Å². The van der Waals surface area contributed by atoms with Crippen LogP contribution in [0.1, 0.15) is 54.0 Å². The van der Waals surface area contributed by atoms with Gasteiger partial charge in [-0.3, -0.25) is 9.48 Å². The van der Waals surface area contributed by atoms with Gasteiger partial charge in [0.25, 0.3) is 5.91 Å². The molecule has 0 aliphatic heterocycles. The fraction of sp³-hybridized carbons (Fsp3) is 0.421. The minimum Gasteiger partial charge on any atom is -0.449 e. The number of amides is 1. The molecule has 0 saturated carbocycles. The smallest absolute Gasteiger partial charge is 0.338 e. The number of aromatic nitrogens is 2. The summed E-state index contributed by atoms with van der Waals surface area (Å²) >= 11 is 0. The number of esters is 1. The Bertz CT molecular complexity index is 776. The summed E-state index contributed by atoms with van der Waals surface area (Å²) in [6.45, 7) is 9.40. The van der Waals surface area contributed by atoms with Crippen LogP contribution in [-0.2, 0) is 16.6 Å². The summed E-state index contributed by atoms with van der Waals surface area (Å²) < 4.78 is 6.97. The van der Waals surface area contributed by atoms with Crippen LogP contribution < -0.4 is 5.32 Å². The molecule has 1 amide bonds. The van der Waals surface area contributed by atoms with E-state index < -0.39 is 12.1 Å². The molecule has 1 atom stereocenters. The Morgan fingerprint density at radius 3 is 2.20 bits per heavy atom. The van der Waals surface area contributed by atoms with Crippen molar-refractivity contribution in [1.29, 1.82) is 0 Å². The van der Waals surface area contributed by atoms with Crippen molar-refractivity contribution in [2.75, 3.05) is 5.32 Å². The number of rotatable bonds is 5. The van der Waals surface area contributed by atoms with E-state index in [1.807, 2.05) is 33.0 Å². The molecule has 0 aliphatic rings. The molecule has 0 bridgehead atoms. The number of hydrogen-bond donors (Lipinski definition) is 1. The molecule has 1 heterocycles. The largest absolute Gasteiger partial charge is 0.449 e. The standard InChI is InChI=1S/C19H25N3O3/c1-11(2)15-7-9-16(10-8-15)19(24)25-14(5)18(23)20-17-12(3)21-22(6)13(17)4/h7-11,14H,1-6H3,(H,20,23)/t14-/m1/s1. The molecule has 2 aromatic rings. The van der Waals surface area contributed by atoms with Gasteiger partial charge in [0.15, 0.2) is 6.10 Å². The van der Waals surface area contributed by atoms with Gasteiger partial charge in [-0.2, -0.15) is 5.10 Å². The third-order valence-corrected chi connectivity index (χ3v) is 4.22. The van der Waals surface area contributed by atoms with E-state index in [1.165, 1.54) is 0 Å². The molecular formula is C19H25N3O3. The highest BCUT2D eigenvalue weighted by Gasteiger charge is 2.21. The van der Waals surface area contributed by atoms with Crippen LogP contribution in [0.3, 0.4) is 0 Å². The molecule has 134 valence electrons. The highest BCUT2D eigenvalue weighted by molar-refractivity contribution is 5.98. The lowest BCUT2D eigenvalue weighted by Gasteiger charge is -2.14. The van der Waals surface area contributed by atoms with Crippen molar-refractivity contribution in [3.63, 3.8) is 0 Å². The van der Waals surface area contributed by atoms with Gasteiger partial charge >= 0.3 is 5.97 Å². The number of anilines is 1. The highest BCUT2D eigenvalue weighted by atomic mass is 16.5. The summed E-state index contributed by atoms with van der Waals surface area (Å²) in [5, 5.41) is 7.03. The summed E-state index contributed by atoms with van der Waals surface area (Å²) in [7, 11) is 1.81. The first-order chi connectivity index (χ1) is 11.7. The number of nitrogens with zero attached hydrogens (tertiary/aromatic N) is 2. The van der Waals surface area contributed by atoms with Crippen molar-refractivity contribution in [2.24, 2.45) is 7.05 Å². The van der Waals surface area contributed by atoms with Gasteiger partial charge in [-0.25, -0.2) is 4.79 Å². The fourth-order valence-electron chi connectivity index (χ4n) is 2.47. The SMILES string of the molecule is Cc1nn(C)c(C)c1NC(=O)[C@@H](C)OC(=O)c1ccc(C(C)C)cc1. The van der Waals surface area contributed by atoms with Crippen LogP contribution in [0.4, 0.5) is 5.69 Å². The van der Waals surface area contributed by atoms with Gasteiger partial charge in [0.2, 0.25) is 0 Å². The zero-order valence-corrected chi connectivity index (χ0v) is 15.6. The molecule has 6 heteroatoms. The Morgan fingerprint density at radius 1 is 1.12 bits per heavy atom. The van der Waals surface area contributed by atoms with E-state index in [1.54, 1.807) is 23.7 Å². The van der Waals surface area contributed by atoms with E-state index in [4.69, 9.17) is 4.74 Å². The topological polar surface area (TPSA) is 73.2 Å². The lowest BCUT2D eigenvalue weighted by Crippen LogP contribution is -2.30. The first-order valence-corrected chi connectivity index (χ1v) is 8.32. The molecule has 2 rings (SSSR count). The van der Waals surface area contributed by atoms with Crippen LogP contribution in [0, 0.1) is 13.8 Å². The van der Waals surface area contributed by atoms with E-state index >= 15 is 0 Å². The number of hydrogen-bond acceptors (Lipinski definition) is 4. The molecule has 0 aliphatic carbocycles. The number of carbonyl (C=O) groups is 2. The first-order valence-electron chi connectivity index (χ1n) is 8.32. The summed E-state index contributed by atoms with van der Waals surface area (Å²) in [6, 6.07) is 7.23. The van der Waals surface area contributed by atoms with Crippen LogP contribution in [0.2, 0.25) is 0 Å². The third-order valence-electron chi connectivity index (χ3n) is 4.22. The van der Waals surface area contributed by atoms with Gasteiger partial charge in [0.1, 0.15) is 0 Å². The third kappa shape index (κ3) is 4.26. The van der Waals surface area contributed by atoms with Crippen LogP contribution in [0.25, 0.3) is 0 Å². The average Bonchev–Trinajstić information content (AvgIpc) is 2.81. The number of carbonyl (C=O) groups excluding carboxylic acids is 2. The first kappa shape index (κ1) is 18.7. The number of aryl methyl sites for hydroxylation is 2. The van der Waals surface area contributed by atoms with Crippen LogP contribution >= 0.6 is 0 Å². The van der Waals surface area contributed by atoms with Crippen molar-refractivity contribution in [3.8, 4) is 0 Å². The normalized spacial score (nSPS) is 12.1. The highest BCUT2D eigenvalue weighted by Crippen LogP contribution is 2.19. The number of benzene rings is 1. The predicted molar refractivity (Wildman–Crippen MR) is 96.7 cm³/mol. The minimum atomic E-state index is -0.906. The second-order valence-corrected chi connectivity index (χ2v) is 6.48. The summed E-state index contributed by atoms with van der Waals surface area (Å²) in [6.07, 6.45) is -0.906. The van der Waals surface area contributed by atoms with Crippen molar-refractivity contribution in [3.05, 3.63) is 46.8 Å². The lowest BCUT2D eigenvalue weighted by molar-refractivity contribution is -0.123. The lowest BCUT2D eigenvalue weighted by atomic mass is 10.0. The quantitative estimate of drug-likeness (QED) is 0.845. The molecule has 0 radical (unpaired) electrons. The zero-order valence-electron chi connectivity index (χ0n) is 15.6. The Morgan fingerprint density at radius 2 is 1.72 bits per heavy atom. The summed E-state index contributed by atoms with van der Waals surface area (Å²) in [5.74, 6) is -0.510. The predicted octanol–water partition coefficient (Wildman–Crippen LogP) is 3.34. The van der Waals surface area contributed by atoms with Crippen LogP contribution in [0.15, 0.2) is 24.3 Å². The minimum absolute atomic E-state index is 0.383. The van der Waals surface area contributed by atoms with Gasteiger partial charge < -0.3 is 10.1 Å². The Labute approximate surface area is 148 Å². The molecule has 0 unspecified atom stereocenters.